The molecule has 0 aliphatic heterocycles. The highest BCUT2D eigenvalue weighted by Crippen LogP contribution is 2.17. The summed E-state index contributed by atoms with van der Waals surface area (Å²) in [7, 11) is 0. The standard InChI is InChI=1S/C22H31FN2O4/c1-14(2)19(25-21(27)17-12-8-9-13-18(17)23)22(28)29-15(3)20(26)24-16-10-6-4-5-7-11-16/h8-9,12-16,19H,4-7,10-11H2,1-3H3,(H,24,26)(H,25,27)/t15-,19-/m0/s1. The number of hydrogen-bond donors (Lipinski definition) is 2. The van der Waals surface area contributed by atoms with Gasteiger partial charge in [-0.2, -0.15) is 0 Å². The van der Waals surface area contributed by atoms with Crippen molar-refractivity contribution in [3.63, 3.8) is 0 Å². The molecule has 2 N–H and O–H groups in total. The van der Waals surface area contributed by atoms with Gasteiger partial charge in [-0.1, -0.05) is 51.7 Å². The van der Waals surface area contributed by atoms with Crippen molar-refractivity contribution >= 4 is 17.8 Å². The van der Waals surface area contributed by atoms with E-state index in [0.717, 1.165) is 25.7 Å². The molecule has 2 atom stereocenters. The summed E-state index contributed by atoms with van der Waals surface area (Å²) in [5, 5.41) is 5.48. The molecule has 160 valence electrons. The van der Waals surface area contributed by atoms with Gasteiger partial charge < -0.3 is 15.4 Å². The van der Waals surface area contributed by atoms with E-state index >= 15 is 0 Å². The largest absolute Gasteiger partial charge is 0.451 e. The van der Waals surface area contributed by atoms with Crippen LogP contribution in [-0.4, -0.2) is 36.0 Å². The number of halogens is 1. The van der Waals surface area contributed by atoms with Crippen LogP contribution in [0, 0.1) is 11.7 Å². The van der Waals surface area contributed by atoms with Crippen LogP contribution in [0.25, 0.3) is 0 Å². The molecule has 7 heteroatoms. The van der Waals surface area contributed by atoms with E-state index in [0.29, 0.717) is 0 Å². The lowest BCUT2D eigenvalue weighted by Gasteiger charge is -2.24. The van der Waals surface area contributed by atoms with Crippen LogP contribution in [0.2, 0.25) is 0 Å². The van der Waals surface area contributed by atoms with Gasteiger partial charge in [-0.05, 0) is 37.8 Å². The summed E-state index contributed by atoms with van der Waals surface area (Å²) < 4.78 is 19.1. The van der Waals surface area contributed by atoms with E-state index in [1.165, 1.54) is 38.0 Å². The summed E-state index contributed by atoms with van der Waals surface area (Å²) in [5.41, 5.74) is -0.148. The van der Waals surface area contributed by atoms with Crippen LogP contribution in [0.4, 0.5) is 4.39 Å². The molecular formula is C22H31FN2O4. The molecule has 2 rings (SSSR count). The number of amides is 2. The summed E-state index contributed by atoms with van der Waals surface area (Å²) in [6, 6.07) is 4.66. The van der Waals surface area contributed by atoms with Crippen LogP contribution in [0.3, 0.4) is 0 Å². The molecule has 0 bridgehead atoms. The molecule has 6 nitrogen and oxygen atoms in total. The highest BCUT2D eigenvalue weighted by atomic mass is 19.1. The van der Waals surface area contributed by atoms with E-state index in [1.54, 1.807) is 19.9 Å². The van der Waals surface area contributed by atoms with Gasteiger partial charge in [-0.25, -0.2) is 9.18 Å². The Morgan fingerprint density at radius 2 is 1.66 bits per heavy atom. The van der Waals surface area contributed by atoms with E-state index in [2.05, 4.69) is 10.6 Å². The van der Waals surface area contributed by atoms with Gasteiger partial charge in [-0.3, -0.25) is 9.59 Å². The molecule has 29 heavy (non-hydrogen) atoms. The minimum atomic E-state index is -0.991. The molecule has 0 saturated heterocycles. The summed E-state index contributed by atoms with van der Waals surface area (Å²) in [4.78, 5) is 37.4. The Morgan fingerprint density at radius 3 is 2.24 bits per heavy atom. The number of nitrogens with one attached hydrogen (secondary N) is 2. The fourth-order valence-corrected chi connectivity index (χ4v) is 3.41. The lowest BCUT2D eigenvalue weighted by molar-refractivity contribution is -0.157. The minimum absolute atomic E-state index is 0.104. The highest BCUT2D eigenvalue weighted by Gasteiger charge is 2.30. The molecule has 1 fully saturated rings. The SMILES string of the molecule is CC(C)[C@H](NC(=O)c1ccccc1F)C(=O)O[C@@H](C)C(=O)NC1CCCCCC1. The van der Waals surface area contributed by atoms with E-state index in [-0.39, 0.29) is 23.4 Å². The fourth-order valence-electron chi connectivity index (χ4n) is 3.41. The topological polar surface area (TPSA) is 84.5 Å². The van der Waals surface area contributed by atoms with Gasteiger partial charge in [0.1, 0.15) is 11.9 Å². The van der Waals surface area contributed by atoms with Gasteiger partial charge >= 0.3 is 5.97 Å². The molecule has 0 radical (unpaired) electrons. The molecule has 1 saturated carbocycles. The number of esters is 1. The van der Waals surface area contributed by atoms with E-state index in [1.807, 2.05) is 0 Å². The highest BCUT2D eigenvalue weighted by molar-refractivity contribution is 5.97. The minimum Gasteiger partial charge on any atom is -0.451 e. The first-order chi connectivity index (χ1) is 13.8. The number of benzene rings is 1. The Balaban J connectivity index is 1.94. The summed E-state index contributed by atoms with van der Waals surface area (Å²) in [6.07, 6.45) is 5.40. The second kappa shape index (κ2) is 10.9. The maximum absolute atomic E-state index is 13.8. The number of hydrogen-bond acceptors (Lipinski definition) is 4. The molecule has 0 spiro atoms. The van der Waals surface area contributed by atoms with E-state index in [9.17, 15) is 18.8 Å². The smallest absolute Gasteiger partial charge is 0.329 e. The van der Waals surface area contributed by atoms with Crippen LogP contribution >= 0.6 is 0 Å². The van der Waals surface area contributed by atoms with Gasteiger partial charge in [0.25, 0.3) is 11.8 Å². The van der Waals surface area contributed by atoms with Crippen molar-refractivity contribution in [1.29, 1.82) is 0 Å². The molecule has 1 aromatic carbocycles. The normalized spacial score (nSPS) is 17.1. The first-order valence-corrected chi connectivity index (χ1v) is 10.4. The van der Waals surface area contributed by atoms with Crippen LogP contribution in [-0.2, 0) is 14.3 Å². The van der Waals surface area contributed by atoms with Crippen LogP contribution in [0.15, 0.2) is 24.3 Å². The number of carbonyl (C=O) groups is 3. The quantitative estimate of drug-likeness (QED) is 0.537. The van der Waals surface area contributed by atoms with Crippen molar-refractivity contribution in [2.75, 3.05) is 0 Å². The summed E-state index contributed by atoms with van der Waals surface area (Å²) in [5.74, 6) is -2.72. The molecule has 1 aliphatic rings. The zero-order chi connectivity index (χ0) is 21.4. The van der Waals surface area contributed by atoms with Gasteiger partial charge in [0, 0.05) is 6.04 Å². The maximum Gasteiger partial charge on any atom is 0.329 e. The van der Waals surface area contributed by atoms with Crippen molar-refractivity contribution in [3.8, 4) is 0 Å². The summed E-state index contributed by atoms with van der Waals surface area (Å²) >= 11 is 0. The Bertz CT molecular complexity index is 715. The zero-order valence-electron chi connectivity index (χ0n) is 17.4. The molecular weight excluding hydrogens is 375 g/mol. The number of ether oxygens (including phenoxy) is 1. The lowest BCUT2D eigenvalue weighted by Crippen LogP contribution is -2.48. The second-order valence-electron chi connectivity index (χ2n) is 7.95. The molecule has 1 aliphatic carbocycles. The van der Waals surface area contributed by atoms with Gasteiger partial charge in [0.15, 0.2) is 6.10 Å². The summed E-state index contributed by atoms with van der Waals surface area (Å²) in [6.45, 7) is 4.99. The second-order valence-corrected chi connectivity index (χ2v) is 7.95. The van der Waals surface area contributed by atoms with Gasteiger partial charge in [-0.15, -0.1) is 0 Å². The third-order valence-corrected chi connectivity index (χ3v) is 5.19. The average molecular weight is 406 g/mol. The van der Waals surface area contributed by atoms with Crippen LogP contribution < -0.4 is 10.6 Å². The third kappa shape index (κ3) is 6.84. The first-order valence-electron chi connectivity index (χ1n) is 10.4. The molecule has 0 aromatic heterocycles. The van der Waals surface area contributed by atoms with Crippen LogP contribution in [0.5, 0.6) is 0 Å². The lowest BCUT2D eigenvalue weighted by atomic mass is 10.0. The zero-order valence-corrected chi connectivity index (χ0v) is 17.4. The predicted molar refractivity (Wildman–Crippen MR) is 108 cm³/mol. The molecule has 0 unspecified atom stereocenters. The molecule has 1 aromatic rings. The van der Waals surface area contributed by atoms with Gasteiger partial charge in [0.2, 0.25) is 0 Å². The van der Waals surface area contributed by atoms with E-state index < -0.39 is 29.8 Å². The van der Waals surface area contributed by atoms with Crippen molar-refractivity contribution < 1.29 is 23.5 Å². The monoisotopic (exact) mass is 406 g/mol. The first kappa shape index (κ1) is 22.8. The fraction of sp³-hybridized carbons (Fsp3) is 0.591. The molecule has 2 amide bonds. The van der Waals surface area contributed by atoms with E-state index in [4.69, 9.17) is 4.74 Å². The van der Waals surface area contributed by atoms with Crippen LogP contribution in [0.1, 0.15) is 69.7 Å². The number of carbonyl (C=O) groups excluding carboxylic acids is 3. The average Bonchev–Trinajstić information content (AvgIpc) is 2.94. The Kier molecular flexibility index (Phi) is 8.61. The Labute approximate surface area is 171 Å². The van der Waals surface area contributed by atoms with Crippen molar-refractivity contribution in [2.24, 2.45) is 5.92 Å². The predicted octanol–water partition coefficient (Wildman–Crippen LogP) is 3.35. The van der Waals surface area contributed by atoms with Gasteiger partial charge in [0.05, 0.1) is 5.56 Å². The van der Waals surface area contributed by atoms with Crippen molar-refractivity contribution in [2.45, 2.75) is 77.5 Å². The molecule has 0 heterocycles. The third-order valence-electron chi connectivity index (χ3n) is 5.19. The Hall–Kier alpha value is -2.44. The van der Waals surface area contributed by atoms with Crippen molar-refractivity contribution in [1.82, 2.24) is 10.6 Å². The number of rotatable bonds is 7. The Morgan fingerprint density at radius 1 is 1.03 bits per heavy atom. The maximum atomic E-state index is 13.8. The van der Waals surface area contributed by atoms with Crippen molar-refractivity contribution in [3.05, 3.63) is 35.6 Å².